The summed E-state index contributed by atoms with van der Waals surface area (Å²) < 4.78 is 0. The molecule has 0 amide bonds. The standard InChI is InChI=1S/C13H22O2/c1-10(2)6-5-7-11(3)12(4)8-9-13(14)15/h6,8,11H,5,7,9H2,1-4H3,(H,14,15). The predicted octanol–water partition coefficient (Wildman–Crippen LogP) is 3.79. The average Bonchev–Trinajstić information content (AvgIpc) is 2.13. The largest absolute Gasteiger partial charge is 0.481 e. The van der Waals surface area contributed by atoms with Crippen LogP contribution >= 0.6 is 0 Å². The fourth-order valence-electron chi connectivity index (χ4n) is 1.30. The van der Waals surface area contributed by atoms with E-state index in [0.29, 0.717) is 5.92 Å². The normalized spacial score (nSPS) is 13.5. The first-order valence-electron chi connectivity index (χ1n) is 5.45. The van der Waals surface area contributed by atoms with Crippen molar-refractivity contribution in [3.8, 4) is 0 Å². The van der Waals surface area contributed by atoms with E-state index in [2.05, 4.69) is 26.8 Å². The van der Waals surface area contributed by atoms with E-state index in [9.17, 15) is 4.79 Å². The molecule has 0 saturated carbocycles. The second kappa shape index (κ2) is 7.27. The Morgan fingerprint density at radius 2 is 1.87 bits per heavy atom. The molecule has 2 nitrogen and oxygen atoms in total. The van der Waals surface area contributed by atoms with Crippen LogP contribution in [0.15, 0.2) is 23.3 Å². The molecule has 0 aromatic carbocycles. The summed E-state index contributed by atoms with van der Waals surface area (Å²) >= 11 is 0. The van der Waals surface area contributed by atoms with E-state index in [4.69, 9.17) is 5.11 Å². The molecule has 1 atom stereocenters. The predicted molar refractivity (Wildman–Crippen MR) is 63.8 cm³/mol. The molecule has 0 rings (SSSR count). The maximum atomic E-state index is 10.4. The lowest BCUT2D eigenvalue weighted by Crippen LogP contribution is -1.98. The Hall–Kier alpha value is -1.05. The minimum absolute atomic E-state index is 0.138. The highest BCUT2D eigenvalue weighted by Crippen LogP contribution is 2.17. The summed E-state index contributed by atoms with van der Waals surface area (Å²) in [6.07, 6.45) is 6.34. The van der Waals surface area contributed by atoms with Crippen molar-refractivity contribution in [2.45, 2.75) is 47.0 Å². The van der Waals surface area contributed by atoms with Crippen molar-refractivity contribution < 1.29 is 9.90 Å². The number of hydrogen-bond acceptors (Lipinski definition) is 1. The molecule has 1 N–H and O–H groups in total. The number of hydrogen-bond donors (Lipinski definition) is 1. The zero-order valence-electron chi connectivity index (χ0n) is 10.2. The van der Waals surface area contributed by atoms with E-state index in [-0.39, 0.29) is 6.42 Å². The number of aliphatic carboxylic acids is 1. The Balaban J connectivity index is 3.98. The molecule has 0 bridgehead atoms. The molecule has 86 valence electrons. The average molecular weight is 210 g/mol. The van der Waals surface area contributed by atoms with Crippen LogP contribution in [-0.2, 0) is 4.79 Å². The van der Waals surface area contributed by atoms with Crippen LogP contribution in [0.3, 0.4) is 0 Å². The molecule has 2 heteroatoms. The Morgan fingerprint density at radius 1 is 1.27 bits per heavy atom. The van der Waals surface area contributed by atoms with Gasteiger partial charge in [0.25, 0.3) is 0 Å². The summed E-state index contributed by atoms with van der Waals surface area (Å²) in [5.74, 6) is -0.286. The lowest BCUT2D eigenvalue weighted by molar-refractivity contribution is -0.136. The molecule has 15 heavy (non-hydrogen) atoms. The van der Waals surface area contributed by atoms with Gasteiger partial charge in [-0.3, -0.25) is 4.79 Å². The van der Waals surface area contributed by atoms with Crippen molar-refractivity contribution in [3.63, 3.8) is 0 Å². The van der Waals surface area contributed by atoms with Crippen molar-refractivity contribution in [2.75, 3.05) is 0 Å². The van der Waals surface area contributed by atoms with Gasteiger partial charge in [0.05, 0.1) is 6.42 Å². The van der Waals surface area contributed by atoms with Crippen LogP contribution in [0.1, 0.15) is 47.0 Å². The Labute approximate surface area is 92.7 Å². The summed E-state index contributed by atoms with van der Waals surface area (Å²) in [5.41, 5.74) is 2.52. The molecule has 0 aliphatic heterocycles. The number of carboxylic acid groups (broad SMARTS) is 1. The first-order chi connectivity index (χ1) is 6.93. The van der Waals surface area contributed by atoms with E-state index < -0.39 is 5.97 Å². The smallest absolute Gasteiger partial charge is 0.307 e. The van der Waals surface area contributed by atoms with Crippen molar-refractivity contribution in [3.05, 3.63) is 23.3 Å². The Kier molecular flexibility index (Phi) is 6.76. The summed E-state index contributed by atoms with van der Waals surface area (Å²) in [6, 6.07) is 0. The summed E-state index contributed by atoms with van der Waals surface area (Å²) in [7, 11) is 0. The lowest BCUT2D eigenvalue weighted by Gasteiger charge is -2.10. The number of carboxylic acids is 1. The third-order valence-electron chi connectivity index (χ3n) is 2.53. The second-order valence-corrected chi connectivity index (χ2v) is 4.31. The molecule has 0 spiro atoms. The molecule has 0 aromatic rings. The topological polar surface area (TPSA) is 37.3 Å². The monoisotopic (exact) mass is 210 g/mol. The molecule has 0 radical (unpaired) electrons. The van der Waals surface area contributed by atoms with Crippen LogP contribution in [0.5, 0.6) is 0 Å². The highest BCUT2D eigenvalue weighted by Gasteiger charge is 2.03. The summed E-state index contributed by atoms with van der Waals surface area (Å²) in [6.45, 7) is 8.35. The van der Waals surface area contributed by atoms with Gasteiger partial charge in [-0.1, -0.05) is 30.2 Å². The molecular weight excluding hydrogens is 188 g/mol. The van der Waals surface area contributed by atoms with Crippen LogP contribution in [0.2, 0.25) is 0 Å². The van der Waals surface area contributed by atoms with Gasteiger partial charge in [-0.25, -0.2) is 0 Å². The maximum absolute atomic E-state index is 10.4. The minimum Gasteiger partial charge on any atom is -0.481 e. The van der Waals surface area contributed by atoms with Gasteiger partial charge in [0.2, 0.25) is 0 Å². The van der Waals surface area contributed by atoms with Gasteiger partial charge < -0.3 is 5.11 Å². The number of allylic oxidation sites excluding steroid dienone is 3. The zero-order chi connectivity index (χ0) is 11.8. The van der Waals surface area contributed by atoms with Gasteiger partial charge in [0.1, 0.15) is 0 Å². The first-order valence-corrected chi connectivity index (χ1v) is 5.45. The molecular formula is C13H22O2. The fourth-order valence-corrected chi connectivity index (χ4v) is 1.30. The van der Waals surface area contributed by atoms with Crippen molar-refractivity contribution in [2.24, 2.45) is 5.92 Å². The minimum atomic E-state index is -0.758. The van der Waals surface area contributed by atoms with Crippen LogP contribution in [0.4, 0.5) is 0 Å². The van der Waals surface area contributed by atoms with Gasteiger partial charge >= 0.3 is 5.97 Å². The van der Waals surface area contributed by atoms with Crippen molar-refractivity contribution in [1.29, 1.82) is 0 Å². The van der Waals surface area contributed by atoms with E-state index in [1.54, 1.807) is 0 Å². The van der Waals surface area contributed by atoms with Gasteiger partial charge in [0.15, 0.2) is 0 Å². The van der Waals surface area contributed by atoms with Crippen LogP contribution in [-0.4, -0.2) is 11.1 Å². The number of rotatable bonds is 6. The lowest BCUT2D eigenvalue weighted by atomic mass is 9.96. The third kappa shape index (κ3) is 7.98. The SMILES string of the molecule is CC(C)=CCCC(C)C(C)=CCC(=O)O. The van der Waals surface area contributed by atoms with Crippen LogP contribution in [0, 0.1) is 5.92 Å². The van der Waals surface area contributed by atoms with Crippen molar-refractivity contribution >= 4 is 5.97 Å². The molecule has 0 heterocycles. The molecule has 0 aliphatic rings. The van der Waals surface area contributed by atoms with E-state index >= 15 is 0 Å². The van der Waals surface area contributed by atoms with Crippen LogP contribution < -0.4 is 0 Å². The van der Waals surface area contributed by atoms with E-state index in [0.717, 1.165) is 12.8 Å². The quantitative estimate of drug-likeness (QED) is 0.677. The van der Waals surface area contributed by atoms with Crippen LogP contribution in [0.25, 0.3) is 0 Å². The first kappa shape index (κ1) is 13.9. The van der Waals surface area contributed by atoms with Gasteiger partial charge in [-0.05, 0) is 39.5 Å². The molecule has 0 fully saturated rings. The highest BCUT2D eigenvalue weighted by atomic mass is 16.4. The highest BCUT2D eigenvalue weighted by molar-refractivity contribution is 5.68. The van der Waals surface area contributed by atoms with Crippen molar-refractivity contribution in [1.82, 2.24) is 0 Å². The molecule has 0 aromatic heterocycles. The number of carbonyl (C=O) groups is 1. The Morgan fingerprint density at radius 3 is 2.33 bits per heavy atom. The molecule has 1 unspecified atom stereocenters. The van der Waals surface area contributed by atoms with Gasteiger partial charge in [0, 0.05) is 0 Å². The maximum Gasteiger partial charge on any atom is 0.307 e. The summed E-state index contributed by atoms with van der Waals surface area (Å²) in [5, 5.41) is 8.54. The van der Waals surface area contributed by atoms with E-state index in [1.807, 2.05) is 13.0 Å². The molecule has 0 saturated heterocycles. The summed E-state index contributed by atoms with van der Waals surface area (Å²) in [4.78, 5) is 10.4. The zero-order valence-corrected chi connectivity index (χ0v) is 10.2. The fraction of sp³-hybridized carbons (Fsp3) is 0.615. The second-order valence-electron chi connectivity index (χ2n) is 4.31. The third-order valence-corrected chi connectivity index (χ3v) is 2.53. The molecule has 0 aliphatic carbocycles. The Bertz CT molecular complexity index is 258. The van der Waals surface area contributed by atoms with E-state index in [1.165, 1.54) is 11.1 Å². The van der Waals surface area contributed by atoms with Gasteiger partial charge in [-0.15, -0.1) is 0 Å². The van der Waals surface area contributed by atoms with Gasteiger partial charge in [-0.2, -0.15) is 0 Å².